The predicted molar refractivity (Wildman–Crippen MR) is 173 cm³/mol. The van der Waals surface area contributed by atoms with E-state index in [9.17, 15) is 9.90 Å². The fourth-order valence-electron chi connectivity index (χ4n) is 6.03. The van der Waals surface area contributed by atoms with E-state index in [1.807, 2.05) is 61.7 Å². The van der Waals surface area contributed by atoms with Gasteiger partial charge in [-0.25, -0.2) is 0 Å². The third-order valence-electron chi connectivity index (χ3n) is 8.37. The molecule has 1 aliphatic heterocycles. The molecule has 0 radical (unpaired) electrons. The van der Waals surface area contributed by atoms with Gasteiger partial charge >= 0.3 is 5.97 Å². The number of hydrogen-bond donors (Lipinski definition) is 2. The minimum atomic E-state index is -0.733. The van der Waals surface area contributed by atoms with Gasteiger partial charge in [-0.15, -0.1) is 11.3 Å². The first kappa shape index (κ1) is 31.4. The van der Waals surface area contributed by atoms with Gasteiger partial charge in [0.1, 0.15) is 0 Å². The highest BCUT2D eigenvalue weighted by Crippen LogP contribution is 2.41. The monoisotopic (exact) mass is 620 g/mol. The Morgan fingerprint density at radius 3 is 2.42 bits per heavy atom. The summed E-state index contributed by atoms with van der Waals surface area (Å²) in [5.41, 5.74) is 9.30. The number of halogens is 1. The molecule has 0 aliphatic carbocycles. The highest BCUT2D eigenvalue weighted by Gasteiger charge is 2.43. The van der Waals surface area contributed by atoms with E-state index in [0.29, 0.717) is 55.0 Å². The Labute approximate surface area is 263 Å². The van der Waals surface area contributed by atoms with Crippen LogP contribution in [0.2, 0.25) is 5.02 Å². The van der Waals surface area contributed by atoms with Crippen LogP contribution in [0.15, 0.2) is 64.5 Å². The fourth-order valence-corrected chi connectivity index (χ4v) is 7.14. The highest BCUT2D eigenvalue weighted by molar-refractivity contribution is 7.09. The number of carbonyl (C=O) groups is 1. The lowest BCUT2D eigenvalue weighted by atomic mass is 9.74. The van der Waals surface area contributed by atoms with Crippen molar-refractivity contribution < 1.29 is 14.4 Å². The van der Waals surface area contributed by atoms with Crippen LogP contribution in [0.3, 0.4) is 0 Å². The van der Waals surface area contributed by atoms with Crippen molar-refractivity contribution in [3.63, 3.8) is 0 Å². The molecule has 3 heterocycles. The van der Waals surface area contributed by atoms with E-state index in [2.05, 4.69) is 41.0 Å². The lowest BCUT2D eigenvalue weighted by molar-refractivity contribution is -0.152. The van der Waals surface area contributed by atoms with Crippen molar-refractivity contribution in [3.05, 3.63) is 81.0 Å². The fraction of sp³-hybridized carbons (Fsp3) is 0.441. The molecule has 2 aromatic carbocycles. The van der Waals surface area contributed by atoms with Crippen LogP contribution in [0.4, 0.5) is 0 Å². The number of nitrogens with zero attached hydrogens (tertiary/aromatic N) is 3. The molecule has 43 heavy (non-hydrogen) atoms. The molecule has 7 nitrogen and oxygen atoms in total. The van der Waals surface area contributed by atoms with E-state index >= 15 is 0 Å². The second-order valence-corrected chi connectivity index (χ2v) is 14.5. The average Bonchev–Trinajstić information content (AvgIpc) is 3.66. The van der Waals surface area contributed by atoms with E-state index in [-0.39, 0.29) is 6.04 Å². The van der Waals surface area contributed by atoms with Crippen molar-refractivity contribution in [2.24, 2.45) is 17.1 Å². The van der Waals surface area contributed by atoms with Crippen molar-refractivity contribution >= 4 is 28.9 Å². The van der Waals surface area contributed by atoms with Crippen molar-refractivity contribution in [1.29, 1.82) is 0 Å². The molecule has 1 saturated heterocycles. The molecule has 3 N–H and O–H groups in total. The molecule has 9 heteroatoms. The summed E-state index contributed by atoms with van der Waals surface area (Å²) in [7, 11) is 0. The summed E-state index contributed by atoms with van der Waals surface area (Å²) in [4.78, 5) is 20.6. The molecule has 0 bridgehead atoms. The van der Waals surface area contributed by atoms with Gasteiger partial charge in [-0.1, -0.05) is 67.0 Å². The van der Waals surface area contributed by atoms with Gasteiger partial charge in [-0.3, -0.25) is 9.69 Å². The minimum Gasteiger partial charge on any atom is -0.481 e. The normalized spacial score (nSPS) is 16.4. The van der Waals surface area contributed by atoms with Crippen molar-refractivity contribution in [2.45, 2.75) is 71.4 Å². The van der Waals surface area contributed by atoms with Crippen molar-refractivity contribution in [1.82, 2.24) is 15.0 Å². The van der Waals surface area contributed by atoms with Crippen LogP contribution in [0.5, 0.6) is 0 Å². The largest absolute Gasteiger partial charge is 0.481 e. The molecular formula is C34H41ClN4O3S. The van der Waals surface area contributed by atoms with Crippen LogP contribution in [-0.2, 0) is 17.6 Å². The van der Waals surface area contributed by atoms with Crippen LogP contribution in [0, 0.1) is 11.3 Å². The molecule has 5 rings (SSSR count). The number of carboxylic acid groups (broad SMARTS) is 1. The highest BCUT2D eigenvalue weighted by atomic mass is 35.5. The molecule has 1 fully saturated rings. The molecule has 0 spiro atoms. The van der Waals surface area contributed by atoms with E-state index < -0.39 is 16.9 Å². The van der Waals surface area contributed by atoms with Crippen LogP contribution in [0.1, 0.15) is 69.0 Å². The van der Waals surface area contributed by atoms with Gasteiger partial charge in [0.25, 0.3) is 5.89 Å². The number of aromatic nitrogens is 2. The van der Waals surface area contributed by atoms with Gasteiger partial charge in [-0.2, -0.15) is 4.98 Å². The summed E-state index contributed by atoms with van der Waals surface area (Å²) in [5, 5.41) is 17.2. The number of benzene rings is 2. The van der Waals surface area contributed by atoms with E-state index in [4.69, 9.17) is 21.9 Å². The first-order valence-corrected chi connectivity index (χ1v) is 16.2. The number of likely N-dealkylation sites (tertiary alicyclic amines) is 1. The SMILES string of the molecule is CC(C)Cc1ccc(-c2nc(-c3ccc(C(CC(C)(C)N)N4CCC(Cc5cccs5)(C(=O)O)CC4)cc3)no2)cc1Cl. The Kier molecular flexibility index (Phi) is 9.42. The number of thiophene rings is 1. The lowest BCUT2D eigenvalue weighted by Crippen LogP contribution is -2.48. The van der Waals surface area contributed by atoms with Gasteiger partial charge in [0.2, 0.25) is 5.82 Å². The maximum atomic E-state index is 12.5. The Hall–Kier alpha value is -3.04. The third-order valence-corrected chi connectivity index (χ3v) is 9.60. The first-order valence-electron chi connectivity index (χ1n) is 14.9. The second-order valence-electron chi connectivity index (χ2n) is 13.0. The molecule has 0 amide bonds. The standard InChI is InChI=1S/C34H41ClN4O3S/c1-22(2)18-25-11-12-26(19-28(25)35)31-37-30(38-42-31)24-9-7-23(8-10-24)29(21-33(3,4)36)39-15-13-34(14-16-39,32(40)41)20-27-6-5-17-43-27/h5-12,17,19,22,29H,13-16,18,20-21,36H2,1-4H3,(H,40,41). The second kappa shape index (κ2) is 12.9. The zero-order valence-corrected chi connectivity index (χ0v) is 26.9. The Morgan fingerprint density at radius 2 is 1.84 bits per heavy atom. The molecule has 0 saturated carbocycles. The van der Waals surface area contributed by atoms with Gasteiger partial charge in [0.15, 0.2) is 0 Å². The quantitative estimate of drug-likeness (QED) is 0.176. The molecule has 1 atom stereocenters. The lowest BCUT2D eigenvalue weighted by Gasteiger charge is -2.43. The van der Waals surface area contributed by atoms with E-state index in [1.165, 1.54) is 0 Å². The van der Waals surface area contributed by atoms with E-state index in [1.54, 1.807) is 11.3 Å². The first-order chi connectivity index (χ1) is 20.4. The maximum absolute atomic E-state index is 12.5. The zero-order chi connectivity index (χ0) is 30.8. The number of carboxylic acids is 1. The summed E-state index contributed by atoms with van der Waals surface area (Å²) in [5.74, 6) is 0.755. The molecule has 4 aromatic rings. The summed E-state index contributed by atoms with van der Waals surface area (Å²) < 4.78 is 5.60. The molecular weight excluding hydrogens is 580 g/mol. The smallest absolute Gasteiger partial charge is 0.310 e. The van der Waals surface area contributed by atoms with Crippen molar-refractivity contribution in [3.8, 4) is 22.8 Å². The van der Waals surface area contributed by atoms with Crippen LogP contribution < -0.4 is 5.73 Å². The number of hydrogen-bond acceptors (Lipinski definition) is 7. The summed E-state index contributed by atoms with van der Waals surface area (Å²) in [6.45, 7) is 9.82. The van der Waals surface area contributed by atoms with Gasteiger partial charge in [-0.05, 0) is 99.7 Å². The van der Waals surface area contributed by atoms with Crippen LogP contribution in [-0.4, -0.2) is 44.7 Å². The van der Waals surface area contributed by atoms with Crippen LogP contribution in [0.25, 0.3) is 22.8 Å². The van der Waals surface area contributed by atoms with Gasteiger partial charge in [0.05, 0.1) is 5.41 Å². The summed E-state index contributed by atoms with van der Waals surface area (Å²) in [6, 6.07) is 18.2. The summed E-state index contributed by atoms with van der Waals surface area (Å²) in [6.07, 6.45) is 3.45. The number of aliphatic carboxylic acids is 1. The minimum absolute atomic E-state index is 0.0647. The zero-order valence-electron chi connectivity index (χ0n) is 25.3. The number of rotatable bonds is 11. The van der Waals surface area contributed by atoms with Gasteiger partial charge in [0, 0.05) is 32.6 Å². The Bertz CT molecular complexity index is 1520. The predicted octanol–water partition coefficient (Wildman–Crippen LogP) is 7.90. The van der Waals surface area contributed by atoms with E-state index in [0.717, 1.165) is 40.0 Å². The number of piperidine rings is 1. The average molecular weight is 621 g/mol. The Balaban J connectivity index is 1.32. The molecule has 228 valence electrons. The van der Waals surface area contributed by atoms with Crippen molar-refractivity contribution in [2.75, 3.05) is 13.1 Å². The third kappa shape index (κ3) is 7.55. The molecule has 2 aromatic heterocycles. The van der Waals surface area contributed by atoms with Crippen LogP contribution >= 0.6 is 22.9 Å². The molecule has 1 unspecified atom stereocenters. The van der Waals surface area contributed by atoms with Gasteiger partial charge < -0.3 is 15.4 Å². The Morgan fingerprint density at radius 1 is 1.14 bits per heavy atom. The number of nitrogens with two attached hydrogens (primary N) is 1. The molecule has 1 aliphatic rings. The maximum Gasteiger partial charge on any atom is 0.310 e. The topological polar surface area (TPSA) is 105 Å². The summed E-state index contributed by atoms with van der Waals surface area (Å²) >= 11 is 8.17.